The number of imidazole rings is 1. The Balaban J connectivity index is 1.74. The molecule has 2 aromatic carbocycles. The summed E-state index contributed by atoms with van der Waals surface area (Å²) in [6.45, 7) is 2.89. The van der Waals surface area contributed by atoms with E-state index in [-0.39, 0.29) is 5.91 Å². The van der Waals surface area contributed by atoms with Gasteiger partial charge in [0.2, 0.25) is 5.95 Å². The van der Waals surface area contributed by atoms with Crippen LogP contribution < -0.4 is 5.32 Å². The minimum Gasteiger partial charge on any atom is -0.310 e. The summed E-state index contributed by atoms with van der Waals surface area (Å²) in [5, 5.41) is 4.34. The van der Waals surface area contributed by atoms with Crippen molar-refractivity contribution in [3.8, 4) is 0 Å². The van der Waals surface area contributed by atoms with Gasteiger partial charge in [-0.2, -0.15) is 0 Å². The van der Waals surface area contributed by atoms with Crippen LogP contribution in [0.25, 0.3) is 21.1 Å². The van der Waals surface area contributed by atoms with Crippen molar-refractivity contribution < 1.29 is 4.79 Å². The van der Waals surface area contributed by atoms with Gasteiger partial charge in [0, 0.05) is 16.6 Å². The molecule has 0 aliphatic carbocycles. The zero-order valence-corrected chi connectivity index (χ0v) is 15.2. The summed E-state index contributed by atoms with van der Waals surface area (Å²) in [4.78, 5) is 17.9. The highest BCUT2D eigenvalue weighted by Crippen LogP contribution is 2.35. The number of halogens is 1. The van der Waals surface area contributed by atoms with E-state index < -0.39 is 0 Å². The SMILES string of the molecule is CCCn1c(NC(=O)c2sc3ccccc3c2Cl)nc2ccccc21. The maximum atomic E-state index is 12.8. The average Bonchev–Trinajstić information content (AvgIpc) is 3.14. The van der Waals surface area contributed by atoms with Crippen LogP contribution in [0, 0.1) is 0 Å². The Labute approximate surface area is 154 Å². The zero-order chi connectivity index (χ0) is 17.4. The standard InChI is InChI=1S/C19H16ClN3OS/c1-2-11-23-14-9-5-4-8-13(14)21-19(23)22-18(24)17-16(20)12-7-3-6-10-15(12)25-17/h3-10H,2,11H2,1H3,(H,21,22,24). The third kappa shape index (κ3) is 2.79. The number of hydrogen-bond acceptors (Lipinski definition) is 3. The highest BCUT2D eigenvalue weighted by Gasteiger charge is 2.19. The second-order valence-corrected chi connectivity index (χ2v) is 7.20. The molecule has 0 radical (unpaired) electrons. The molecule has 0 saturated heterocycles. The summed E-state index contributed by atoms with van der Waals surface area (Å²) in [5.74, 6) is 0.334. The lowest BCUT2D eigenvalue weighted by molar-refractivity contribution is 0.102. The van der Waals surface area contributed by atoms with Crippen molar-refractivity contribution in [2.45, 2.75) is 19.9 Å². The number of benzene rings is 2. The van der Waals surface area contributed by atoms with Crippen molar-refractivity contribution in [3.05, 3.63) is 58.4 Å². The summed E-state index contributed by atoms with van der Waals surface area (Å²) in [7, 11) is 0. The van der Waals surface area contributed by atoms with Crippen LogP contribution in [0.4, 0.5) is 5.95 Å². The molecular weight excluding hydrogens is 354 g/mol. The van der Waals surface area contributed by atoms with Gasteiger partial charge < -0.3 is 4.57 Å². The number of nitrogens with one attached hydrogen (secondary N) is 1. The van der Waals surface area contributed by atoms with Gasteiger partial charge in [0.25, 0.3) is 5.91 Å². The number of nitrogens with zero attached hydrogens (tertiary/aromatic N) is 2. The Morgan fingerprint density at radius 2 is 1.96 bits per heavy atom. The molecule has 1 N–H and O–H groups in total. The predicted octanol–water partition coefficient (Wildman–Crippen LogP) is 5.57. The number of thiophene rings is 1. The van der Waals surface area contributed by atoms with E-state index in [9.17, 15) is 4.79 Å². The van der Waals surface area contributed by atoms with Crippen LogP contribution in [0.1, 0.15) is 23.0 Å². The molecule has 126 valence electrons. The first-order chi connectivity index (χ1) is 12.2. The van der Waals surface area contributed by atoms with E-state index >= 15 is 0 Å². The van der Waals surface area contributed by atoms with E-state index in [1.807, 2.05) is 53.1 Å². The molecule has 0 aliphatic heterocycles. The van der Waals surface area contributed by atoms with E-state index in [0.29, 0.717) is 15.8 Å². The quantitative estimate of drug-likeness (QED) is 0.511. The van der Waals surface area contributed by atoms with Gasteiger partial charge in [0.15, 0.2) is 0 Å². The predicted molar refractivity (Wildman–Crippen MR) is 105 cm³/mol. The molecule has 2 heterocycles. The van der Waals surface area contributed by atoms with Crippen molar-refractivity contribution in [1.29, 1.82) is 0 Å². The lowest BCUT2D eigenvalue weighted by atomic mass is 10.2. The first kappa shape index (κ1) is 16.1. The third-order valence-electron chi connectivity index (χ3n) is 4.07. The molecule has 1 amide bonds. The number of amides is 1. The molecule has 0 fully saturated rings. The van der Waals surface area contributed by atoms with Crippen LogP contribution in [0.5, 0.6) is 0 Å². The summed E-state index contributed by atoms with van der Waals surface area (Å²) < 4.78 is 3.04. The fourth-order valence-corrected chi connectivity index (χ4v) is 4.35. The Bertz CT molecular complexity index is 1080. The molecule has 0 aliphatic rings. The largest absolute Gasteiger partial charge is 0.310 e. The average molecular weight is 370 g/mol. The fraction of sp³-hybridized carbons (Fsp3) is 0.158. The molecular formula is C19H16ClN3OS. The van der Waals surface area contributed by atoms with Gasteiger partial charge in [0.05, 0.1) is 16.1 Å². The van der Waals surface area contributed by atoms with E-state index in [0.717, 1.165) is 34.1 Å². The van der Waals surface area contributed by atoms with Gasteiger partial charge in [-0.05, 0) is 24.6 Å². The summed E-state index contributed by atoms with van der Waals surface area (Å²) >= 11 is 7.82. The lowest BCUT2D eigenvalue weighted by Crippen LogP contribution is -2.15. The highest BCUT2D eigenvalue weighted by atomic mass is 35.5. The van der Waals surface area contributed by atoms with Crippen LogP contribution >= 0.6 is 22.9 Å². The number of aromatic nitrogens is 2. The van der Waals surface area contributed by atoms with Crippen LogP contribution in [0.2, 0.25) is 5.02 Å². The smallest absolute Gasteiger partial charge is 0.269 e. The lowest BCUT2D eigenvalue weighted by Gasteiger charge is -2.08. The number of carbonyl (C=O) groups is 1. The third-order valence-corrected chi connectivity index (χ3v) is 5.74. The van der Waals surface area contributed by atoms with Crippen molar-refractivity contribution in [1.82, 2.24) is 9.55 Å². The molecule has 0 spiro atoms. The molecule has 0 saturated carbocycles. The van der Waals surface area contributed by atoms with Crippen LogP contribution in [-0.2, 0) is 6.54 Å². The second-order valence-electron chi connectivity index (χ2n) is 5.77. The second kappa shape index (κ2) is 6.50. The van der Waals surface area contributed by atoms with Gasteiger partial charge in [-0.15, -0.1) is 11.3 Å². The minimum atomic E-state index is -0.223. The van der Waals surface area contributed by atoms with Crippen LogP contribution in [0.15, 0.2) is 48.5 Å². The van der Waals surface area contributed by atoms with Gasteiger partial charge in [0.1, 0.15) is 4.88 Å². The van der Waals surface area contributed by atoms with Crippen molar-refractivity contribution in [2.24, 2.45) is 0 Å². The first-order valence-electron chi connectivity index (χ1n) is 8.12. The number of rotatable bonds is 4. The minimum absolute atomic E-state index is 0.223. The van der Waals surface area contributed by atoms with Crippen molar-refractivity contribution in [2.75, 3.05) is 5.32 Å². The maximum Gasteiger partial charge on any atom is 0.269 e. The number of para-hydroxylation sites is 2. The fourth-order valence-electron chi connectivity index (χ4n) is 2.94. The van der Waals surface area contributed by atoms with Crippen molar-refractivity contribution in [3.63, 3.8) is 0 Å². The molecule has 0 atom stereocenters. The van der Waals surface area contributed by atoms with Gasteiger partial charge in [-0.3, -0.25) is 10.1 Å². The number of fused-ring (bicyclic) bond motifs is 2. The molecule has 0 bridgehead atoms. The van der Waals surface area contributed by atoms with Gasteiger partial charge in [-0.25, -0.2) is 4.98 Å². The summed E-state index contributed by atoms with van der Waals surface area (Å²) in [6.07, 6.45) is 0.951. The van der Waals surface area contributed by atoms with Crippen molar-refractivity contribution >= 4 is 55.9 Å². The molecule has 4 nitrogen and oxygen atoms in total. The Kier molecular flexibility index (Phi) is 4.19. The normalized spacial score (nSPS) is 11.3. The first-order valence-corrected chi connectivity index (χ1v) is 9.32. The molecule has 25 heavy (non-hydrogen) atoms. The van der Waals surface area contributed by atoms with E-state index in [2.05, 4.69) is 17.2 Å². The molecule has 2 aromatic heterocycles. The molecule has 6 heteroatoms. The van der Waals surface area contributed by atoms with E-state index in [4.69, 9.17) is 11.6 Å². The number of carbonyl (C=O) groups excluding carboxylic acids is 1. The van der Waals surface area contributed by atoms with E-state index in [1.54, 1.807) is 0 Å². The summed E-state index contributed by atoms with van der Waals surface area (Å²) in [6, 6.07) is 15.6. The van der Waals surface area contributed by atoms with Crippen LogP contribution in [0.3, 0.4) is 0 Å². The Hall–Kier alpha value is -2.37. The van der Waals surface area contributed by atoms with Crippen LogP contribution in [-0.4, -0.2) is 15.5 Å². The van der Waals surface area contributed by atoms with Gasteiger partial charge >= 0.3 is 0 Å². The van der Waals surface area contributed by atoms with Gasteiger partial charge in [-0.1, -0.05) is 48.9 Å². The monoisotopic (exact) mass is 369 g/mol. The Morgan fingerprint density at radius 1 is 1.20 bits per heavy atom. The molecule has 4 aromatic rings. The highest BCUT2D eigenvalue weighted by molar-refractivity contribution is 7.21. The topological polar surface area (TPSA) is 46.9 Å². The maximum absolute atomic E-state index is 12.8. The summed E-state index contributed by atoms with van der Waals surface area (Å²) in [5.41, 5.74) is 1.88. The number of aryl methyl sites for hydroxylation is 1. The number of anilines is 1. The number of hydrogen-bond donors (Lipinski definition) is 1. The van der Waals surface area contributed by atoms with E-state index in [1.165, 1.54) is 11.3 Å². The zero-order valence-electron chi connectivity index (χ0n) is 13.6. The molecule has 0 unspecified atom stereocenters. The Morgan fingerprint density at radius 3 is 2.76 bits per heavy atom. The molecule has 4 rings (SSSR count).